The van der Waals surface area contributed by atoms with Gasteiger partial charge in [0, 0.05) is 32.2 Å². The van der Waals surface area contributed by atoms with Crippen LogP contribution in [0.15, 0.2) is 48.0 Å². The maximum absolute atomic E-state index is 10.3. The molecule has 6 nitrogen and oxygen atoms in total. The van der Waals surface area contributed by atoms with Crippen molar-refractivity contribution in [3.63, 3.8) is 0 Å². The summed E-state index contributed by atoms with van der Waals surface area (Å²) in [6.45, 7) is 12.3. The molecule has 0 amide bonds. The first kappa shape index (κ1) is 25.9. The Labute approximate surface area is 192 Å². The van der Waals surface area contributed by atoms with E-state index in [0.717, 1.165) is 50.5 Å². The van der Waals surface area contributed by atoms with Gasteiger partial charge in [0.1, 0.15) is 0 Å². The highest BCUT2D eigenvalue weighted by Gasteiger charge is 2.19. The number of nitrogens with zero attached hydrogens (tertiary/aromatic N) is 2. The van der Waals surface area contributed by atoms with Gasteiger partial charge in [0.2, 0.25) is 0 Å². The van der Waals surface area contributed by atoms with E-state index < -0.39 is 6.10 Å². The fourth-order valence-corrected chi connectivity index (χ4v) is 3.28. The average Bonchev–Trinajstić information content (AvgIpc) is 2.72. The Balaban J connectivity index is 0.00000420. The predicted octanol–water partition coefficient (Wildman–Crippen LogP) is 2.95. The topological polar surface area (TPSA) is 69.1 Å². The molecule has 1 aromatic carbocycles. The lowest BCUT2D eigenvalue weighted by molar-refractivity contribution is 0.00111. The van der Waals surface area contributed by atoms with Crippen molar-refractivity contribution in [3.05, 3.63) is 48.6 Å². The highest BCUT2D eigenvalue weighted by Crippen LogP contribution is 2.16. The normalized spacial score (nSPS) is 17.8. The number of aliphatic hydroxyl groups is 1. The molecular formula is C22H37IN4O2. The number of aliphatic hydroxyl groups excluding tert-OH is 1. The molecule has 0 spiro atoms. The molecule has 0 aliphatic carbocycles. The summed E-state index contributed by atoms with van der Waals surface area (Å²) in [5.41, 5.74) is 1.11. The summed E-state index contributed by atoms with van der Waals surface area (Å²) in [4.78, 5) is 6.96. The lowest BCUT2D eigenvalue weighted by atomic mass is 10.1. The van der Waals surface area contributed by atoms with Crippen LogP contribution in [0.25, 0.3) is 0 Å². The molecule has 1 saturated heterocycles. The van der Waals surface area contributed by atoms with E-state index in [2.05, 4.69) is 27.1 Å². The monoisotopic (exact) mass is 516 g/mol. The first-order valence-electron chi connectivity index (χ1n) is 10.3. The number of hydrogen-bond donors (Lipinski definition) is 3. The van der Waals surface area contributed by atoms with Crippen LogP contribution in [0.5, 0.6) is 0 Å². The highest BCUT2D eigenvalue weighted by molar-refractivity contribution is 14.0. The third-order valence-electron chi connectivity index (χ3n) is 4.93. The Kier molecular flexibility index (Phi) is 13.2. The maximum atomic E-state index is 10.3. The van der Waals surface area contributed by atoms with Gasteiger partial charge in [-0.25, -0.2) is 0 Å². The van der Waals surface area contributed by atoms with Gasteiger partial charge >= 0.3 is 0 Å². The second-order valence-electron chi connectivity index (χ2n) is 7.27. The summed E-state index contributed by atoms with van der Waals surface area (Å²) >= 11 is 0. The van der Waals surface area contributed by atoms with Crippen LogP contribution < -0.4 is 10.6 Å². The summed E-state index contributed by atoms with van der Waals surface area (Å²) in [5.74, 6) is 0.764. The second-order valence-corrected chi connectivity index (χ2v) is 7.27. The molecule has 2 rings (SSSR count). The zero-order valence-corrected chi connectivity index (χ0v) is 20.0. The van der Waals surface area contributed by atoms with Crippen LogP contribution in [-0.4, -0.2) is 67.4 Å². The SMILES string of the molecule is C=CCN1CCC(NC(=NCC(O)COC(C)c2ccccc2)NCC)CC1.I. The number of ether oxygens (including phenoxy) is 1. The third-order valence-corrected chi connectivity index (χ3v) is 4.93. The standard InChI is InChI=1S/C22H36N4O2.HI/c1-4-13-26-14-11-20(12-15-26)25-22(23-5-2)24-16-21(27)17-28-18(3)19-9-7-6-8-10-19;/h4,6-10,18,20-21,27H,1,5,11-17H2,2-3H3,(H2,23,24,25);1H. The first-order valence-corrected chi connectivity index (χ1v) is 10.3. The van der Waals surface area contributed by atoms with Crippen molar-refractivity contribution >= 4 is 29.9 Å². The minimum absolute atomic E-state index is 0. The average molecular weight is 516 g/mol. The Morgan fingerprint density at radius 3 is 2.66 bits per heavy atom. The molecular weight excluding hydrogens is 479 g/mol. The van der Waals surface area contributed by atoms with Gasteiger partial charge < -0.3 is 20.5 Å². The highest BCUT2D eigenvalue weighted by atomic mass is 127. The summed E-state index contributed by atoms with van der Waals surface area (Å²) in [6, 6.07) is 10.4. The Bertz CT molecular complexity index is 592. The van der Waals surface area contributed by atoms with Crippen molar-refractivity contribution in [1.29, 1.82) is 0 Å². The lowest BCUT2D eigenvalue weighted by Crippen LogP contribution is -2.49. The number of likely N-dealkylation sites (tertiary alicyclic amines) is 1. The molecule has 7 heteroatoms. The quantitative estimate of drug-likeness (QED) is 0.193. The number of piperidine rings is 1. The van der Waals surface area contributed by atoms with Crippen molar-refractivity contribution in [1.82, 2.24) is 15.5 Å². The fraction of sp³-hybridized carbons (Fsp3) is 0.591. The minimum atomic E-state index is -0.629. The van der Waals surface area contributed by atoms with E-state index in [9.17, 15) is 5.11 Å². The van der Waals surface area contributed by atoms with E-state index in [-0.39, 0.29) is 36.7 Å². The van der Waals surface area contributed by atoms with Crippen molar-refractivity contribution in [2.75, 3.05) is 39.3 Å². The summed E-state index contributed by atoms with van der Waals surface area (Å²) < 4.78 is 5.79. The van der Waals surface area contributed by atoms with Crippen LogP contribution in [0, 0.1) is 0 Å². The third kappa shape index (κ3) is 9.93. The van der Waals surface area contributed by atoms with Gasteiger partial charge in [0.15, 0.2) is 5.96 Å². The van der Waals surface area contributed by atoms with Crippen molar-refractivity contribution in [2.24, 2.45) is 4.99 Å². The van der Waals surface area contributed by atoms with Gasteiger partial charge in [-0.15, -0.1) is 30.6 Å². The molecule has 1 aromatic rings. The zero-order chi connectivity index (χ0) is 20.2. The van der Waals surface area contributed by atoms with E-state index >= 15 is 0 Å². The summed E-state index contributed by atoms with van der Waals surface area (Å²) in [5, 5.41) is 17.0. The van der Waals surface area contributed by atoms with Gasteiger partial charge in [0.25, 0.3) is 0 Å². The van der Waals surface area contributed by atoms with Crippen LogP contribution in [0.3, 0.4) is 0 Å². The second kappa shape index (κ2) is 14.8. The molecule has 2 unspecified atom stereocenters. The van der Waals surface area contributed by atoms with E-state index in [1.165, 1.54) is 0 Å². The Hall–Kier alpha value is -1.16. The van der Waals surface area contributed by atoms with E-state index in [1.54, 1.807) is 0 Å². The first-order chi connectivity index (χ1) is 13.6. The predicted molar refractivity (Wildman–Crippen MR) is 131 cm³/mol. The van der Waals surface area contributed by atoms with Gasteiger partial charge in [0.05, 0.1) is 25.4 Å². The molecule has 0 radical (unpaired) electrons. The minimum Gasteiger partial charge on any atom is -0.389 e. The van der Waals surface area contributed by atoms with Gasteiger partial charge in [-0.05, 0) is 32.3 Å². The molecule has 1 aliphatic heterocycles. The van der Waals surface area contributed by atoms with Crippen LogP contribution in [-0.2, 0) is 4.74 Å². The number of guanidine groups is 1. The number of halogens is 1. The van der Waals surface area contributed by atoms with Crippen LogP contribution in [0.4, 0.5) is 0 Å². The molecule has 0 aromatic heterocycles. The Morgan fingerprint density at radius 2 is 2.03 bits per heavy atom. The molecule has 1 heterocycles. The van der Waals surface area contributed by atoms with E-state index in [4.69, 9.17) is 4.74 Å². The molecule has 2 atom stereocenters. The van der Waals surface area contributed by atoms with Gasteiger partial charge in [-0.3, -0.25) is 9.89 Å². The van der Waals surface area contributed by atoms with Crippen molar-refractivity contribution in [2.45, 2.75) is 44.9 Å². The lowest BCUT2D eigenvalue weighted by Gasteiger charge is -2.32. The van der Waals surface area contributed by atoms with Gasteiger partial charge in [-0.1, -0.05) is 36.4 Å². The maximum Gasteiger partial charge on any atom is 0.191 e. The molecule has 1 fully saturated rings. The van der Waals surface area contributed by atoms with Crippen LogP contribution in [0.1, 0.15) is 38.4 Å². The molecule has 3 N–H and O–H groups in total. The summed E-state index contributed by atoms with van der Waals surface area (Å²) in [7, 11) is 0. The largest absolute Gasteiger partial charge is 0.389 e. The summed E-state index contributed by atoms with van der Waals surface area (Å²) in [6.07, 6.45) is 3.45. The van der Waals surface area contributed by atoms with Crippen LogP contribution >= 0.6 is 24.0 Å². The molecule has 0 bridgehead atoms. The van der Waals surface area contributed by atoms with Crippen LogP contribution in [0.2, 0.25) is 0 Å². The number of aliphatic imine (C=N–C) groups is 1. The molecule has 164 valence electrons. The Morgan fingerprint density at radius 1 is 1.34 bits per heavy atom. The molecule has 1 aliphatic rings. The van der Waals surface area contributed by atoms with E-state index in [1.807, 2.05) is 50.3 Å². The van der Waals surface area contributed by atoms with Crippen molar-refractivity contribution in [3.8, 4) is 0 Å². The van der Waals surface area contributed by atoms with Crippen molar-refractivity contribution < 1.29 is 9.84 Å². The smallest absolute Gasteiger partial charge is 0.191 e. The van der Waals surface area contributed by atoms with E-state index in [0.29, 0.717) is 12.6 Å². The number of hydrogen-bond acceptors (Lipinski definition) is 4. The fourth-order valence-electron chi connectivity index (χ4n) is 3.28. The number of benzene rings is 1. The molecule has 0 saturated carbocycles. The van der Waals surface area contributed by atoms with Gasteiger partial charge in [-0.2, -0.15) is 0 Å². The molecule has 29 heavy (non-hydrogen) atoms. The zero-order valence-electron chi connectivity index (χ0n) is 17.7. The number of rotatable bonds is 10. The number of nitrogens with one attached hydrogen (secondary N) is 2.